The highest BCUT2D eigenvalue weighted by Gasteiger charge is 2.09. The molecule has 3 nitrogen and oxygen atoms in total. The largest absolute Gasteiger partial charge is 0.350 e. The molecular formula is C15H23FN2O. The minimum absolute atomic E-state index is 0.0300. The number of hydrogen-bond acceptors (Lipinski definition) is 2. The molecule has 1 atom stereocenters. The first kappa shape index (κ1) is 15.6. The molecule has 0 aromatic heterocycles. The molecule has 0 bridgehead atoms. The number of hydrogen-bond donors (Lipinski definition) is 2. The molecule has 0 saturated heterocycles. The van der Waals surface area contributed by atoms with Gasteiger partial charge in [0, 0.05) is 12.5 Å². The van der Waals surface area contributed by atoms with Gasteiger partial charge in [-0.2, -0.15) is 0 Å². The van der Waals surface area contributed by atoms with Crippen LogP contribution in [-0.2, 0) is 4.79 Å². The summed E-state index contributed by atoms with van der Waals surface area (Å²) in [4.78, 5) is 11.7. The minimum Gasteiger partial charge on any atom is -0.350 e. The third-order valence-corrected chi connectivity index (χ3v) is 2.88. The van der Waals surface area contributed by atoms with Crippen LogP contribution in [0.4, 0.5) is 4.39 Å². The van der Waals surface area contributed by atoms with E-state index in [1.54, 1.807) is 12.1 Å². The Morgan fingerprint density at radius 3 is 2.42 bits per heavy atom. The van der Waals surface area contributed by atoms with Crippen molar-refractivity contribution in [3.05, 3.63) is 35.6 Å². The second-order valence-corrected chi connectivity index (χ2v) is 5.05. The van der Waals surface area contributed by atoms with Crippen LogP contribution in [0.5, 0.6) is 0 Å². The lowest BCUT2D eigenvalue weighted by Gasteiger charge is -2.14. The third kappa shape index (κ3) is 6.34. The van der Waals surface area contributed by atoms with Gasteiger partial charge >= 0.3 is 0 Å². The third-order valence-electron chi connectivity index (χ3n) is 2.88. The van der Waals surface area contributed by atoms with Crippen molar-refractivity contribution in [1.29, 1.82) is 0 Å². The van der Waals surface area contributed by atoms with E-state index in [0.717, 1.165) is 18.5 Å². The second-order valence-electron chi connectivity index (χ2n) is 5.05. The summed E-state index contributed by atoms with van der Waals surface area (Å²) >= 11 is 0. The van der Waals surface area contributed by atoms with E-state index in [2.05, 4.69) is 24.5 Å². The van der Waals surface area contributed by atoms with Crippen LogP contribution in [-0.4, -0.2) is 18.5 Å². The van der Waals surface area contributed by atoms with Gasteiger partial charge in [-0.1, -0.05) is 26.0 Å². The average Bonchev–Trinajstić information content (AvgIpc) is 2.35. The van der Waals surface area contributed by atoms with Crippen molar-refractivity contribution < 1.29 is 9.18 Å². The van der Waals surface area contributed by atoms with Gasteiger partial charge in [-0.05, 0) is 37.6 Å². The van der Waals surface area contributed by atoms with Gasteiger partial charge in [0.1, 0.15) is 5.82 Å². The predicted molar refractivity (Wildman–Crippen MR) is 75.3 cm³/mol. The summed E-state index contributed by atoms with van der Waals surface area (Å²) in [5.74, 6) is -0.232. The number of benzene rings is 1. The number of carbonyl (C=O) groups is 1. The van der Waals surface area contributed by atoms with E-state index >= 15 is 0 Å². The SMILES string of the molecule is CC(C)NCCCC(=O)NC(C)c1ccc(F)cc1. The van der Waals surface area contributed by atoms with E-state index < -0.39 is 0 Å². The summed E-state index contributed by atoms with van der Waals surface area (Å²) < 4.78 is 12.8. The Kier molecular flexibility index (Phi) is 6.50. The van der Waals surface area contributed by atoms with Crippen LogP contribution < -0.4 is 10.6 Å². The van der Waals surface area contributed by atoms with E-state index in [9.17, 15) is 9.18 Å². The fraction of sp³-hybridized carbons (Fsp3) is 0.533. The molecule has 19 heavy (non-hydrogen) atoms. The van der Waals surface area contributed by atoms with Gasteiger partial charge in [0.15, 0.2) is 0 Å². The Balaban J connectivity index is 2.29. The lowest BCUT2D eigenvalue weighted by molar-refractivity contribution is -0.121. The average molecular weight is 266 g/mol. The van der Waals surface area contributed by atoms with Crippen LogP contribution in [0.15, 0.2) is 24.3 Å². The Bertz CT molecular complexity index is 390. The van der Waals surface area contributed by atoms with E-state index in [0.29, 0.717) is 12.5 Å². The van der Waals surface area contributed by atoms with Crippen molar-refractivity contribution in [1.82, 2.24) is 10.6 Å². The lowest BCUT2D eigenvalue weighted by atomic mass is 10.1. The molecule has 0 aliphatic rings. The first-order valence-corrected chi connectivity index (χ1v) is 6.77. The molecule has 0 heterocycles. The molecule has 0 aliphatic heterocycles. The number of nitrogens with one attached hydrogen (secondary N) is 2. The summed E-state index contributed by atoms with van der Waals surface area (Å²) in [7, 11) is 0. The highest BCUT2D eigenvalue weighted by atomic mass is 19.1. The van der Waals surface area contributed by atoms with Crippen LogP contribution in [0.1, 0.15) is 45.2 Å². The Labute approximate surface area is 114 Å². The fourth-order valence-electron chi connectivity index (χ4n) is 1.79. The number of carbonyl (C=O) groups excluding carboxylic acids is 1. The van der Waals surface area contributed by atoms with Crippen LogP contribution in [0, 0.1) is 5.82 Å². The monoisotopic (exact) mass is 266 g/mol. The molecule has 2 N–H and O–H groups in total. The predicted octanol–water partition coefficient (Wildman–Crippen LogP) is 2.78. The Hall–Kier alpha value is -1.42. The van der Waals surface area contributed by atoms with Gasteiger partial charge in [-0.3, -0.25) is 4.79 Å². The van der Waals surface area contributed by atoms with Crippen LogP contribution in [0.25, 0.3) is 0 Å². The summed E-state index contributed by atoms with van der Waals surface area (Å²) in [6.07, 6.45) is 1.32. The Morgan fingerprint density at radius 1 is 1.21 bits per heavy atom. The van der Waals surface area contributed by atoms with Gasteiger partial charge in [-0.25, -0.2) is 4.39 Å². The van der Waals surface area contributed by atoms with Gasteiger partial charge in [0.25, 0.3) is 0 Å². The van der Waals surface area contributed by atoms with Crippen molar-refractivity contribution in [2.75, 3.05) is 6.54 Å². The molecule has 0 spiro atoms. The normalized spacial score (nSPS) is 12.5. The zero-order valence-electron chi connectivity index (χ0n) is 11.9. The van der Waals surface area contributed by atoms with E-state index in [-0.39, 0.29) is 17.8 Å². The molecule has 4 heteroatoms. The van der Waals surface area contributed by atoms with Gasteiger partial charge in [-0.15, -0.1) is 0 Å². The van der Waals surface area contributed by atoms with Crippen molar-refractivity contribution in [2.24, 2.45) is 0 Å². The molecule has 1 unspecified atom stereocenters. The maximum atomic E-state index is 12.8. The topological polar surface area (TPSA) is 41.1 Å². The van der Waals surface area contributed by atoms with Gasteiger partial charge < -0.3 is 10.6 Å². The smallest absolute Gasteiger partial charge is 0.220 e. The summed E-state index contributed by atoms with van der Waals surface area (Å²) in [5.41, 5.74) is 0.912. The summed E-state index contributed by atoms with van der Waals surface area (Å²) in [6, 6.07) is 6.56. The van der Waals surface area contributed by atoms with Crippen LogP contribution >= 0.6 is 0 Å². The molecule has 0 aliphatic carbocycles. The van der Waals surface area contributed by atoms with Gasteiger partial charge in [0.2, 0.25) is 5.91 Å². The fourth-order valence-corrected chi connectivity index (χ4v) is 1.79. The zero-order chi connectivity index (χ0) is 14.3. The van der Waals surface area contributed by atoms with Crippen molar-refractivity contribution >= 4 is 5.91 Å². The molecule has 1 amide bonds. The maximum Gasteiger partial charge on any atom is 0.220 e. The van der Waals surface area contributed by atoms with E-state index in [4.69, 9.17) is 0 Å². The summed E-state index contributed by atoms with van der Waals surface area (Å²) in [5, 5.41) is 6.19. The Morgan fingerprint density at radius 2 is 1.84 bits per heavy atom. The van der Waals surface area contributed by atoms with Crippen molar-refractivity contribution in [3.8, 4) is 0 Å². The van der Waals surface area contributed by atoms with Crippen LogP contribution in [0.3, 0.4) is 0 Å². The summed E-state index contributed by atoms with van der Waals surface area (Å²) in [6.45, 7) is 6.90. The van der Waals surface area contributed by atoms with Crippen LogP contribution in [0.2, 0.25) is 0 Å². The molecule has 0 radical (unpaired) electrons. The van der Waals surface area contributed by atoms with Crippen molar-refractivity contribution in [3.63, 3.8) is 0 Å². The van der Waals surface area contributed by atoms with E-state index in [1.165, 1.54) is 12.1 Å². The minimum atomic E-state index is -0.262. The number of halogens is 1. The number of amides is 1. The zero-order valence-corrected chi connectivity index (χ0v) is 11.9. The van der Waals surface area contributed by atoms with E-state index in [1.807, 2.05) is 6.92 Å². The number of rotatable bonds is 7. The molecule has 1 aromatic rings. The molecular weight excluding hydrogens is 243 g/mol. The molecule has 1 rings (SSSR count). The standard InChI is InChI=1S/C15H23FN2O/c1-11(2)17-10-4-5-15(19)18-12(3)13-6-8-14(16)9-7-13/h6-9,11-12,17H,4-5,10H2,1-3H3,(H,18,19). The first-order valence-electron chi connectivity index (χ1n) is 6.77. The lowest BCUT2D eigenvalue weighted by Crippen LogP contribution is -2.28. The first-order chi connectivity index (χ1) is 8.99. The molecule has 106 valence electrons. The highest BCUT2D eigenvalue weighted by molar-refractivity contribution is 5.76. The highest BCUT2D eigenvalue weighted by Crippen LogP contribution is 2.12. The molecule has 0 saturated carbocycles. The van der Waals surface area contributed by atoms with Gasteiger partial charge in [0.05, 0.1) is 6.04 Å². The quantitative estimate of drug-likeness (QED) is 0.745. The van der Waals surface area contributed by atoms with Crippen molar-refractivity contribution in [2.45, 2.75) is 45.7 Å². The second kappa shape index (κ2) is 7.89. The molecule has 0 fully saturated rings. The maximum absolute atomic E-state index is 12.8. The molecule has 1 aromatic carbocycles.